The summed E-state index contributed by atoms with van der Waals surface area (Å²) in [7, 11) is 0. The summed E-state index contributed by atoms with van der Waals surface area (Å²) >= 11 is 1.71. The molecule has 0 spiro atoms. The Morgan fingerprint density at radius 1 is 1.35 bits per heavy atom. The number of carboxylic acids is 1. The molecule has 2 amide bonds. The lowest BCUT2D eigenvalue weighted by atomic mass is 9.87. The molecule has 0 fully saturated rings. The van der Waals surface area contributed by atoms with Crippen molar-refractivity contribution in [3.63, 3.8) is 0 Å². The minimum Gasteiger partial charge on any atom is -0.480 e. The molecule has 0 aromatic carbocycles. The largest absolute Gasteiger partial charge is 0.480 e. The van der Waals surface area contributed by atoms with Gasteiger partial charge in [0.15, 0.2) is 0 Å². The third kappa shape index (κ3) is 7.10. The van der Waals surface area contributed by atoms with E-state index < -0.39 is 23.5 Å². The number of nitrogens with one attached hydrogen (secondary N) is 2. The van der Waals surface area contributed by atoms with Crippen molar-refractivity contribution in [1.82, 2.24) is 10.6 Å². The van der Waals surface area contributed by atoms with Crippen molar-refractivity contribution in [2.24, 2.45) is 5.41 Å². The van der Waals surface area contributed by atoms with E-state index >= 15 is 0 Å². The highest BCUT2D eigenvalue weighted by atomic mass is 32.2. The molecule has 17 heavy (non-hydrogen) atoms. The predicted molar refractivity (Wildman–Crippen MR) is 70.4 cm³/mol. The number of carbonyl (C=O) groups excluding carboxylic acids is 1. The predicted octanol–water partition coefficient (Wildman–Crippen LogP) is 1.54. The van der Waals surface area contributed by atoms with Crippen molar-refractivity contribution in [2.45, 2.75) is 33.2 Å². The lowest BCUT2D eigenvalue weighted by Gasteiger charge is -2.27. The molecular formula is C11H22N2O3S. The maximum atomic E-state index is 11.5. The molecule has 0 bridgehead atoms. The molecule has 0 saturated heterocycles. The number of aliphatic carboxylic acids is 1. The molecule has 0 radical (unpaired) electrons. The lowest BCUT2D eigenvalue weighted by Crippen LogP contribution is -2.52. The van der Waals surface area contributed by atoms with Gasteiger partial charge >= 0.3 is 12.0 Å². The number of urea groups is 1. The second-order valence-corrected chi connectivity index (χ2v) is 5.87. The monoisotopic (exact) mass is 262 g/mol. The fraction of sp³-hybridized carbons (Fsp3) is 0.818. The third-order valence-corrected chi connectivity index (χ3v) is 2.90. The topological polar surface area (TPSA) is 78.4 Å². The molecule has 1 atom stereocenters. The number of thioether (sulfide) groups is 1. The highest BCUT2D eigenvalue weighted by Crippen LogP contribution is 2.19. The normalized spacial score (nSPS) is 12.9. The Kier molecular flexibility index (Phi) is 7.03. The Labute approximate surface area is 107 Å². The standard InChI is InChI=1S/C11H22N2O3S/c1-11(2,3)8(9(14)15)13-10(16)12-6-5-7-17-4/h8H,5-7H2,1-4H3,(H,14,15)(H2,12,13,16)/t8-/m0/s1. The van der Waals surface area contributed by atoms with Gasteiger partial charge in [0.25, 0.3) is 0 Å². The van der Waals surface area contributed by atoms with Gasteiger partial charge in [-0.05, 0) is 23.8 Å². The molecule has 0 saturated carbocycles. The Morgan fingerprint density at radius 2 is 1.94 bits per heavy atom. The minimum atomic E-state index is -1.02. The van der Waals surface area contributed by atoms with Crippen LogP contribution in [0.2, 0.25) is 0 Å². The van der Waals surface area contributed by atoms with Crippen molar-refractivity contribution in [3.8, 4) is 0 Å². The SMILES string of the molecule is CSCCCNC(=O)N[C@@H](C(=O)O)C(C)(C)C. The summed E-state index contributed by atoms with van der Waals surface area (Å²) in [6.07, 6.45) is 2.88. The summed E-state index contributed by atoms with van der Waals surface area (Å²) in [5, 5.41) is 14.1. The first kappa shape index (κ1) is 16.1. The van der Waals surface area contributed by atoms with Gasteiger partial charge in [-0.3, -0.25) is 0 Å². The number of carboxylic acid groups (broad SMARTS) is 1. The van der Waals surface area contributed by atoms with Crippen LogP contribution in [0.5, 0.6) is 0 Å². The zero-order chi connectivity index (χ0) is 13.5. The number of rotatable bonds is 6. The fourth-order valence-corrected chi connectivity index (χ4v) is 1.68. The first-order valence-electron chi connectivity index (χ1n) is 5.55. The molecule has 0 aliphatic rings. The molecule has 0 heterocycles. The highest BCUT2D eigenvalue weighted by Gasteiger charge is 2.32. The smallest absolute Gasteiger partial charge is 0.326 e. The van der Waals surface area contributed by atoms with Gasteiger partial charge in [-0.2, -0.15) is 11.8 Å². The number of carbonyl (C=O) groups is 2. The molecular weight excluding hydrogens is 240 g/mol. The summed E-state index contributed by atoms with van der Waals surface area (Å²) in [6, 6.07) is -1.31. The highest BCUT2D eigenvalue weighted by molar-refractivity contribution is 7.98. The van der Waals surface area contributed by atoms with Gasteiger partial charge in [0.05, 0.1) is 0 Å². The summed E-state index contributed by atoms with van der Waals surface area (Å²) in [4.78, 5) is 22.5. The van der Waals surface area contributed by atoms with E-state index in [1.54, 1.807) is 32.5 Å². The fourth-order valence-electron chi connectivity index (χ4n) is 1.25. The molecule has 100 valence electrons. The molecule has 3 N–H and O–H groups in total. The maximum absolute atomic E-state index is 11.5. The molecule has 0 rings (SSSR count). The van der Waals surface area contributed by atoms with Gasteiger partial charge in [-0.15, -0.1) is 0 Å². The first-order valence-corrected chi connectivity index (χ1v) is 6.94. The average molecular weight is 262 g/mol. The molecule has 0 aliphatic heterocycles. The zero-order valence-electron chi connectivity index (χ0n) is 10.9. The molecule has 6 heteroatoms. The number of amides is 2. The van der Waals surface area contributed by atoms with Crippen molar-refractivity contribution >= 4 is 23.8 Å². The second-order valence-electron chi connectivity index (χ2n) is 4.88. The van der Waals surface area contributed by atoms with Crippen LogP contribution in [-0.4, -0.2) is 41.7 Å². The van der Waals surface area contributed by atoms with Crippen molar-refractivity contribution in [2.75, 3.05) is 18.6 Å². The van der Waals surface area contributed by atoms with E-state index in [1.165, 1.54) is 0 Å². The molecule has 0 unspecified atom stereocenters. The van der Waals surface area contributed by atoms with E-state index in [0.29, 0.717) is 6.54 Å². The first-order chi connectivity index (χ1) is 7.79. The Bertz CT molecular complexity index is 264. The van der Waals surface area contributed by atoms with E-state index in [4.69, 9.17) is 5.11 Å². The van der Waals surface area contributed by atoms with Crippen LogP contribution < -0.4 is 10.6 Å². The Morgan fingerprint density at radius 3 is 2.35 bits per heavy atom. The lowest BCUT2D eigenvalue weighted by molar-refractivity contribution is -0.141. The van der Waals surface area contributed by atoms with Gasteiger partial charge in [0.2, 0.25) is 0 Å². The molecule has 0 aliphatic carbocycles. The van der Waals surface area contributed by atoms with Crippen LogP contribution in [-0.2, 0) is 4.79 Å². The number of hydrogen-bond acceptors (Lipinski definition) is 3. The Balaban J connectivity index is 4.11. The van der Waals surface area contributed by atoms with Crippen LogP contribution in [0.3, 0.4) is 0 Å². The van der Waals surface area contributed by atoms with E-state index in [1.807, 2.05) is 6.26 Å². The van der Waals surface area contributed by atoms with Crippen molar-refractivity contribution in [3.05, 3.63) is 0 Å². The summed E-state index contributed by atoms with van der Waals surface area (Å²) in [5.41, 5.74) is -0.511. The summed E-state index contributed by atoms with van der Waals surface area (Å²) in [6.45, 7) is 5.89. The average Bonchev–Trinajstić information content (AvgIpc) is 2.19. The van der Waals surface area contributed by atoms with Gasteiger partial charge < -0.3 is 15.7 Å². The quantitative estimate of drug-likeness (QED) is 0.634. The molecule has 0 aromatic rings. The van der Waals surface area contributed by atoms with Crippen molar-refractivity contribution < 1.29 is 14.7 Å². The van der Waals surface area contributed by atoms with Gasteiger partial charge in [0.1, 0.15) is 6.04 Å². The van der Waals surface area contributed by atoms with Crippen LogP contribution in [0.25, 0.3) is 0 Å². The van der Waals surface area contributed by atoms with Gasteiger partial charge in [-0.25, -0.2) is 9.59 Å². The zero-order valence-corrected chi connectivity index (χ0v) is 11.7. The molecule has 0 aromatic heterocycles. The summed E-state index contributed by atoms with van der Waals surface area (Å²) < 4.78 is 0. The van der Waals surface area contributed by atoms with Gasteiger partial charge in [0, 0.05) is 6.54 Å². The van der Waals surface area contributed by atoms with Crippen molar-refractivity contribution in [1.29, 1.82) is 0 Å². The van der Waals surface area contributed by atoms with E-state index in [0.717, 1.165) is 12.2 Å². The van der Waals surface area contributed by atoms with E-state index in [9.17, 15) is 9.59 Å². The van der Waals surface area contributed by atoms with E-state index in [2.05, 4.69) is 10.6 Å². The van der Waals surface area contributed by atoms with Crippen LogP contribution in [0.1, 0.15) is 27.2 Å². The third-order valence-electron chi connectivity index (χ3n) is 2.20. The van der Waals surface area contributed by atoms with Crippen LogP contribution in [0.4, 0.5) is 4.79 Å². The summed E-state index contributed by atoms with van der Waals surface area (Å²) in [5.74, 6) is -0.0428. The number of hydrogen-bond donors (Lipinski definition) is 3. The van der Waals surface area contributed by atoms with Gasteiger partial charge in [-0.1, -0.05) is 20.8 Å². The molecule has 5 nitrogen and oxygen atoms in total. The van der Waals surface area contributed by atoms with E-state index in [-0.39, 0.29) is 0 Å². The van der Waals surface area contributed by atoms with Crippen LogP contribution in [0.15, 0.2) is 0 Å². The second kappa shape index (κ2) is 7.42. The van der Waals surface area contributed by atoms with Crippen LogP contribution >= 0.6 is 11.8 Å². The van der Waals surface area contributed by atoms with Crippen LogP contribution in [0, 0.1) is 5.41 Å². The Hall–Kier alpha value is -0.910. The minimum absolute atomic E-state index is 0.423. The maximum Gasteiger partial charge on any atom is 0.326 e.